The van der Waals surface area contributed by atoms with E-state index in [0.717, 1.165) is 5.56 Å². The minimum atomic E-state index is -3.58. The van der Waals surface area contributed by atoms with E-state index in [1.54, 1.807) is 18.2 Å². The number of hydrogen-bond donors (Lipinski definition) is 2. The molecule has 1 aliphatic heterocycles. The average Bonchev–Trinajstić information content (AvgIpc) is 2.69. The number of ether oxygens (including phenoxy) is 1. The molecule has 0 saturated carbocycles. The molecule has 0 spiro atoms. The van der Waals surface area contributed by atoms with Crippen LogP contribution in [0.2, 0.25) is 0 Å². The molecule has 0 aliphatic carbocycles. The fourth-order valence-electron chi connectivity index (χ4n) is 1.95. The molecule has 8 heteroatoms. The van der Waals surface area contributed by atoms with E-state index in [1.807, 2.05) is 12.1 Å². The van der Waals surface area contributed by atoms with Crippen molar-refractivity contribution in [2.24, 2.45) is 0 Å². The first-order valence-electron chi connectivity index (χ1n) is 6.70. The van der Waals surface area contributed by atoms with Gasteiger partial charge in [-0.05, 0) is 12.1 Å². The van der Waals surface area contributed by atoms with Gasteiger partial charge in [-0.15, -0.1) is 11.8 Å². The van der Waals surface area contributed by atoms with Gasteiger partial charge in [-0.3, -0.25) is 4.79 Å². The van der Waals surface area contributed by atoms with Crippen molar-refractivity contribution in [2.45, 2.75) is 6.42 Å². The van der Waals surface area contributed by atoms with Crippen molar-refractivity contribution in [3.8, 4) is 5.75 Å². The summed E-state index contributed by atoms with van der Waals surface area (Å²) in [5, 5.41) is 8.52. The van der Waals surface area contributed by atoms with Crippen LogP contribution < -0.4 is 9.46 Å². The first-order valence-corrected chi connectivity index (χ1v) is 9.34. The van der Waals surface area contributed by atoms with Crippen LogP contribution in [-0.4, -0.2) is 44.2 Å². The molecular formula is C14H17NO5S2. The van der Waals surface area contributed by atoms with Crippen LogP contribution in [0.25, 0.3) is 6.08 Å². The fourth-order valence-corrected chi connectivity index (χ4v) is 3.84. The van der Waals surface area contributed by atoms with Crippen molar-refractivity contribution in [2.75, 3.05) is 24.7 Å². The van der Waals surface area contributed by atoms with Crippen LogP contribution in [0.15, 0.2) is 29.2 Å². The molecule has 6 nitrogen and oxygen atoms in total. The molecule has 0 fully saturated rings. The predicted octanol–water partition coefficient (Wildman–Crippen LogP) is 1.55. The van der Waals surface area contributed by atoms with E-state index in [0.29, 0.717) is 24.5 Å². The van der Waals surface area contributed by atoms with Gasteiger partial charge in [0.2, 0.25) is 10.0 Å². The number of aliphatic carboxylic acids is 1. The van der Waals surface area contributed by atoms with Crippen LogP contribution in [0, 0.1) is 0 Å². The van der Waals surface area contributed by atoms with Gasteiger partial charge >= 0.3 is 5.97 Å². The van der Waals surface area contributed by atoms with Crippen molar-refractivity contribution < 1.29 is 23.1 Å². The monoisotopic (exact) mass is 343 g/mol. The smallest absolute Gasteiger partial charge is 0.313 e. The fraction of sp³-hybridized carbons (Fsp3) is 0.357. The Morgan fingerprint density at radius 1 is 1.36 bits per heavy atom. The summed E-state index contributed by atoms with van der Waals surface area (Å²) in [6.45, 7) is 0.498. The molecule has 2 rings (SSSR count). The topological polar surface area (TPSA) is 92.7 Å². The van der Waals surface area contributed by atoms with Crippen LogP contribution in [-0.2, 0) is 14.8 Å². The molecule has 2 N–H and O–H groups in total. The Balaban J connectivity index is 2.00. The third-order valence-corrected chi connectivity index (χ3v) is 5.49. The Bertz CT molecular complexity index is 670. The highest BCUT2D eigenvalue weighted by molar-refractivity contribution is 8.00. The van der Waals surface area contributed by atoms with Crippen LogP contribution >= 0.6 is 11.8 Å². The number of fused-ring (bicyclic) bond motifs is 1. The Morgan fingerprint density at radius 2 is 2.14 bits per heavy atom. The normalized spacial score (nSPS) is 14.5. The van der Waals surface area contributed by atoms with Gasteiger partial charge in [0.1, 0.15) is 5.75 Å². The van der Waals surface area contributed by atoms with E-state index in [4.69, 9.17) is 9.84 Å². The van der Waals surface area contributed by atoms with E-state index < -0.39 is 16.0 Å². The van der Waals surface area contributed by atoms with Crippen molar-refractivity contribution in [3.05, 3.63) is 34.7 Å². The van der Waals surface area contributed by atoms with E-state index in [-0.39, 0.29) is 17.2 Å². The Labute approximate surface area is 133 Å². The number of carboxylic acids is 1. The zero-order chi connectivity index (χ0) is 16.0. The maximum Gasteiger partial charge on any atom is 0.313 e. The molecule has 0 bridgehead atoms. The Kier molecular flexibility index (Phi) is 5.87. The quantitative estimate of drug-likeness (QED) is 0.730. The summed E-state index contributed by atoms with van der Waals surface area (Å²) in [4.78, 5) is 10.7. The third kappa shape index (κ3) is 4.75. The number of carbonyl (C=O) groups is 1. The molecule has 0 amide bonds. The van der Waals surface area contributed by atoms with Gasteiger partial charge in [0.05, 0.1) is 17.3 Å². The SMILES string of the molecule is O=C(O)CSCCNS(=O)(=O)C1=Cc2ccccc2OCC1. The Morgan fingerprint density at radius 3 is 2.91 bits per heavy atom. The molecule has 1 aromatic carbocycles. The van der Waals surface area contributed by atoms with E-state index in [1.165, 1.54) is 11.8 Å². The molecule has 1 aliphatic rings. The highest BCUT2D eigenvalue weighted by Crippen LogP contribution is 2.27. The van der Waals surface area contributed by atoms with Crippen LogP contribution in [0.3, 0.4) is 0 Å². The summed E-state index contributed by atoms with van der Waals surface area (Å²) < 4.78 is 32.6. The minimum absolute atomic E-state index is 0.0361. The van der Waals surface area contributed by atoms with E-state index >= 15 is 0 Å². The second kappa shape index (κ2) is 7.66. The lowest BCUT2D eigenvalue weighted by Gasteiger charge is -2.08. The molecule has 1 aromatic rings. The molecule has 0 radical (unpaired) electrons. The molecular weight excluding hydrogens is 326 g/mol. The minimum Gasteiger partial charge on any atom is -0.493 e. The van der Waals surface area contributed by atoms with Gasteiger partial charge < -0.3 is 9.84 Å². The van der Waals surface area contributed by atoms with Crippen molar-refractivity contribution >= 4 is 33.8 Å². The first kappa shape index (κ1) is 16.9. The highest BCUT2D eigenvalue weighted by Gasteiger charge is 2.20. The zero-order valence-electron chi connectivity index (χ0n) is 11.8. The van der Waals surface area contributed by atoms with Crippen molar-refractivity contribution in [3.63, 3.8) is 0 Å². The van der Waals surface area contributed by atoms with Gasteiger partial charge in [0, 0.05) is 24.3 Å². The molecule has 0 atom stereocenters. The van der Waals surface area contributed by atoms with Gasteiger partial charge in [0.25, 0.3) is 0 Å². The summed E-state index contributed by atoms with van der Waals surface area (Å²) in [6, 6.07) is 7.27. The van der Waals surface area contributed by atoms with Crippen molar-refractivity contribution in [1.29, 1.82) is 0 Å². The number of nitrogens with one attached hydrogen (secondary N) is 1. The zero-order valence-corrected chi connectivity index (χ0v) is 13.5. The number of hydrogen-bond acceptors (Lipinski definition) is 5. The van der Waals surface area contributed by atoms with Crippen LogP contribution in [0.4, 0.5) is 0 Å². The van der Waals surface area contributed by atoms with Crippen LogP contribution in [0.5, 0.6) is 5.75 Å². The molecule has 0 saturated heterocycles. The number of rotatable bonds is 7. The molecule has 22 heavy (non-hydrogen) atoms. The number of benzene rings is 1. The second-order valence-electron chi connectivity index (χ2n) is 4.59. The van der Waals surface area contributed by atoms with Crippen molar-refractivity contribution in [1.82, 2.24) is 4.72 Å². The standard InChI is InChI=1S/C14H17NO5S2/c16-14(17)10-21-8-6-15-22(18,19)12-5-7-20-13-4-2-1-3-11(13)9-12/h1-4,9,15H,5-8,10H2,(H,16,17). The number of carboxylic acid groups (broad SMARTS) is 1. The van der Waals surface area contributed by atoms with Gasteiger partial charge in [-0.2, -0.15) is 0 Å². The number of para-hydroxylation sites is 1. The molecule has 0 aromatic heterocycles. The van der Waals surface area contributed by atoms with Gasteiger partial charge in [-0.1, -0.05) is 18.2 Å². The summed E-state index contributed by atoms with van der Waals surface area (Å²) >= 11 is 1.17. The summed E-state index contributed by atoms with van der Waals surface area (Å²) in [5.41, 5.74) is 0.737. The lowest BCUT2D eigenvalue weighted by Crippen LogP contribution is -2.27. The highest BCUT2D eigenvalue weighted by atomic mass is 32.2. The maximum absolute atomic E-state index is 12.3. The lowest BCUT2D eigenvalue weighted by molar-refractivity contribution is -0.133. The van der Waals surface area contributed by atoms with E-state index in [9.17, 15) is 13.2 Å². The largest absolute Gasteiger partial charge is 0.493 e. The predicted molar refractivity (Wildman–Crippen MR) is 86.4 cm³/mol. The lowest BCUT2D eigenvalue weighted by atomic mass is 10.2. The van der Waals surface area contributed by atoms with Crippen LogP contribution in [0.1, 0.15) is 12.0 Å². The second-order valence-corrected chi connectivity index (χ2v) is 7.52. The number of sulfonamides is 1. The van der Waals surface area contributed by atoms with E-state index in [2.05, 4.69) is 4.72 Å². The summed E-state index contributed by atoms with van der Waals surface area (Å²) in [6.07, 6.45) is 1.92. The first-order chi connectivity index (χ1) is 10.5. The Hall–Kier alpha value is -1.51. The molecule has 1 heterocycles. The van der Waals surface area contributed by atoms with Gasteiger partial charge in [-0.25, -0.2) is 13.1 Å². The van der Waals surface area contributed by atoms with Gasteiger partial charge in [0.15, 0.2) is 0 Å². The maximum atomic E-state index is 12.3. The average molecular weight is 343 g/mol. The summed E-state index contributed by atoms with van der Waals surface area (Å²) in [5.74, 6) is 0.134. The summed E-state index contributed by atoms with van der Waals surface area (Å²) in [7, 11) is -3.58. The molecule has 120 valence electrons. The molecule has 0 unspecified atom stereocenters. The number of thioether (sulfide) groups is 1. The third-order valence-electron chi connectivity index (χ3n) is 2.95.